The van der Waals surface area contributed by atoms with Crippen molar-refractivity contribution < 1.29 is 17.9 Å². The lowest BCUT2D eigenvalue weighted by Crippen LogP contribution is -2.06. The molecule has 166 valence electrons. The number of alkyl halides is 3. The van der Waals surface area contributed by atoms with Crippen LogP contribution >= 0.6 is 0 Å². The van der Waals surface area contributed by atoms with Crippen LogP contribution in [0.25, 0.3) is 27.8 Å². The zero-order chi connectivity index (χ0) is 23.0. The number of hydrogen-bond acceptors (Lipinski definition) is 5. The van der Waals surface area contributed by atoms with Gasteiger partial charge >= 0.3 is 6.18 Å². The topological polar surface area (TPSA) is 64.3 Å². The van der Waals surface area contributed by atoms with Gasteiger partial charge in [-0.25, -0.2) is 4.98 Å². The van der Waals surface area contributed by atoms with Gasteiger partial charge in [0.1, 0.15) is 17.3 Å². The summed E-state index contributed by atoms with van der Waals surface area (Å²) in [6.45, 7) is 0.442. The van der Waals surface area contributed by atoms with Gasteiger partial charge in [0, 0.05) is 23.1 Å². The Morgan fingerprint density at radius 3 is 2.58 bits per heavy atom. The largest absolute Gasteiger partial charge is 0.496 e. The number of nitrogens with zero attached hydrogens (tertiary/aromatic N) is 4. The van der Waals surface area contributed by atoms with Crippen LogP contribution in [0.5, 0.6) is 5.75 Å². The molecule has 0 fully saturated rings. The summed E-state index contributed by atoms with van der Waals surface area (Å²) in [5.74, 6) is 1.31. The number of para-hydroxylation sites is 2. The number of methoxy groups -OCH3 is 1. The lowest BCUT2D eigenvalue weighted by Gasteiger charge is -2.12. The number of hydrogen-bond donors (Lipinski definition) is 1. The molecule has 0 atom stereocenters. The van der Waals surface area contributed by atoms with Crippen molar-refractivity contribution >= 4 is 22.4 Å². The molecule has 5 rings (SSSR count). The van der Waals surface area contributed by atoms with E-state index in [1.165, 1.54) is 6.07 Å². The van der Waals surface area contributed by atoms with Gasteiger partial charge in [0.25, 0.3) is 0 Å². The highest BCUT2D eigenvalue weighted by Crippen LogP contribution is 2.33. The molecule has 0 saturated heterocycles. The minimum Gasteiger partial charge on any atom is -0.496 e. The maximum atomic E-state index is 13.2. The van der Waals surface area contributed by atoms with Crippen molar-refractivity contribution in [2.24, 2.45) is 0 Å². The van der Waals surface area contributed by atoms with Crippen LogP contribution in [0.3, 0.4) is 0 Å². The van der Waals surface area contributed by atoms with E-state index in [0.717, 1.165) is 34.3 Å². The molecule has 0 saturated carbocycles. The van der Waals surface area contributed by atoms with Gasteiger partial charge in [0.05, 0.1) is 18.2 Å². The summed E-state index contributed by atoms with van der Waals surface area (Å²) in [5.41, 5.74) is 1.84. The SMILES string of the molecule is COc1ccccc1CNc1nc2c(-c3cccc(C(F)(F)F)c3)nnn2c2ccccc12. The molecule has 0 aliphatic carbocycles. The van der Waals surface area contributed by atoms with E-state index in [1.807, 2.05) is 48.5 Å². The Hall–Kier alpha value is -4.14. The first-order valence-electron chi connectivity index (χ1n) is 10.1. The second-order valence-electron chi connectivity index (χ2n) is 7.39. The smallest absolute Gasteiger partial charge is 0.416 e. The molecule has 0 unspecified atom stereocenters. The van der Waals surface area contributed by atoms with Gasteiger partial charge in [-0.2, -0.15) is 17.7 Å². The summed E-state index contributed by atoms with van der Waals surface area (Å²) in [6.07, 6.45) is -4.46. The average Bonchev–Trinajstić information content (AvgIpc) is 3.26. The highest BCUT2D eigenvalue weighted by atomic mass is 19.4. The van der Waals surface area contributed by atoms with Crippen LogP contribution in [0, 0.1) is 0 Å². The van der Waals surface area contributed by atoms with Gasteiger partial charge < -0.3 is 10.1 Å². The molecule has 0 radical (unpaired) electrons. The van der Waals surface area contributed by atoms with Gasteiger partial charge in [-0.3, -0.25) is 0 Å². The standard InChI is InChI=1S/C24H18F3N5O/c1-33-20-12-5-2-7-16(20)14-28-22-18-10-3-4-11-19(18)32-23(29-22)21(30-31-32)15-8-6-9-17(13-15)24(25,26)27/h2-13H,14H2,1H3,(H,28,29). The Kier molecular flexibility index (Phi) is 5.08. The fourth-order valence-corrected chi connectivity index (χ4v) is 3.76. The minimum absolute atomic E-state index is 0.271. The van der Waals surface area contributed by atoms with E-state index in [1.54, 1.807) is 17.7 Å². The minimum atomic E-state index is -4.46. The molecule has 3 aromatic carbocycles. The van der Waals surface area contributed by atoms with E-state index in [9.17, 15) is 13.2 Å². The number of nitrogens with one attached hydrogen (secondary N) is 1. The van der Waals surface area contributed by atoms with Crippen molar-refractivity contribution in [3.8, 4) is 17.0 Å². The summed E-state index contributed by atoms with van der Waals surface area (Å²) in [6, 6.07) is 20.1. The first kappa shape index (κ1) is 20.7. The van der Waals surface area contributed by atoms with Crippen molar-refractivity contribution in [1.29, 1.82) is 0 Å². The van der Waals surface area contributed by atoms with Crippen LogP contribution in [-0.4, -0.2) is 26.9 Å². The van der Waals surface area contributed by atoms with Gasteiger partial charge in [-0.05, 0) is 30.3 Å². The number of benzene rings is 3. The molecule has 0 aliphatic heterocycles. The van der Waals surface area contributed by atoms with E-state index in [0.29, 0.717) is 23.6 Å². The molecule has 6 nitrogen and oxygen atoms in total. The number of ether oxygens (including phenoxy) is 1. The summed E-state index contributed by atoms with van der Waals surface area (Å²) >= 11 is 0. The molecule has 5 aromatic rings. The summed E-state index contributed by atoms with van der Waals surface area (Å²) < 4.78 is 46.7. The van der Waals surface area contributed by atoms with Gasteiger partial charge in [0.15, 0.2) is 5.65 Å². The zero-order valence-electron chi connectivity index (χ0n) is 17.5. The molecule has 2 heterocycles. The molecule has 0 aliphatic rings. The molecule has 0 bridgehead atoms. The predicted molar refractivity (Wildman–Crippen MR) is 119 cm³/mol. The number of halogens is 3. The monoisotopic (exact) mass is 449 g/mol. The van der Waals surface area contributed by atoms with Crippen molar-refractivity contribution in [3.63, 3.8) is 0 Å². The fraction of sp³-hybridized carbons (Fsp3) is 0.125. The molecular formula is C24H18F3N5O. The first-order chi connectivity index (χ1) is 16.0. The van der Waals surface area contributed by atoms with E-state index < -0.39 is 11.7 Å². The lowest BCUT2D eigenvalue weighted by molar-refractivity contribution is -0.137. The third-order valence-corrected chi connectivity index (χ3v) is 5.35. The average molecular weight is 449 g/mol. The maximum absolute atomic E-state index is 13.2. The van der Waals surface area contributed by atoms with Gasteiger partial charge in [-0.1, -0.05) is 47.7 Å². The van der Waals surface area contributed by atoms with Crippen LogP contribution < -0.4 is 10.1 Å². The number of aromatic nitrogens is 4. The van der Waals surface area contributed by atoms with Crippen LogP contribution in [0.1, 0.15) is 11.1 Å². The normalized spacial score (nSPS) is 11.8. The van der Waals surface area contributed by atoms with Crippen LogP contribution in [0.4, 0.5) is 19.0 Å². The number of anilines is 1. The van der Waals surface area contributed by atoms with Gasteiger partial charge in [0.2, 0.25) is 0 Å². The molecule has 0 amide bonds. The van der Waals surface area contributed by atoms with Crippen molar-refractivity contribution in [1.82, 2.24) is 19.8 Å². The highest BCUT2D eigenvalue weighted by Gasteiger charge is 2.31. The Bertz CT molecular complexity index is 1460. The lowest BCUT2D eigenvalue weighted by atomic mass is 10.1. The second-order valence-corrected chi connectivity index (χ2v) is 7.39. The van der Waals surface area contributed by atoms with E-state index >= 15 is 0 Å². The summed E-state index contributed by atoms with van der Waals surface area (Å²) in [4.78, 5) is 4.71. The third kappa shape index (κ3) is 3.82. The van der Waals surface area contributed by atoms with E-state index in [2.05, 4.69) is 15.6 Å². The van der Waals surface area contributed by atoms with E-state index in [4.69, 9.17) is 9.72 Å². The predicted octanol–water partition coefficient (Wildman–Crippen LogP) is 5.58. The third-order valence-electron chi connectivity index (χ3n) is 5.35. The molecule has 2 aromatic heterocycles. The molecule has 0 spiro atoms. The van der Waals surface area contributed by atoms with Crippen LogP contribution in [-0.2, 0) is 12.7 Å². The molecule has 33 heavy (non-hydrogen) atoms. The summed E-state index contributed by atoms with van der Waals surface area (Å²) in [5, 5.41) is 12.5. The zero-order valence-corrected chi connectivity index (χ0v) is 17.5. The van der Waals surface area contributed by atoms with Crippen molar-refractivity contribution in [2.45, 2.75) is 12.7 Å². The Morgan fingerprint density at radius 2 is 1.76 bits per heavy atom. The molecule has 9 heteroatoms. The van der Waals surface area contributed by atoms with Gasteiger partial charge in [-0.15, -0.1) is 5.10 Å². The second kappa shape index (κ2) is 8.09. The summed E-state index contributed by atoms with van der Waals surface area (Å²) in [7, 11) is 1.61. The number of rotatable bonds is 5. The van der Waals surface area contributed by atoms with Crippen LogP contribution in [0.2, 0.25) is 0 Å². The Labute approximate surface area is 186 Å². The Morgan fingerprint density at radius 1 is 0.970 bits per heavy atom. The van der Waals surface area contributed by atoms with Crippen LogP contribution in [0.15, 0.2) is 72.8 Å². The van der Waals surface area contributed by atoms with Crippen molar-refractivity contribution in [3.05, 3.63) is 83.9 Å². The number of fused-ring (bicyclic) bond motifs is 3. The fourth-order valence-electron chi connectivity index (χ4n) is 3.76. The first-order valence-corrected chi connectivity index (χ1v) is 10.1. The Balaban J connectivity index is 1.63. The highest BCUT2D eigenvalue weighted by molar-refractivity contribution is 5.93. The quantitative estimate of drug-likeness (QED) is 0.379. The maximum Gasteiger partial charge on any atom is 0.416 e. The molecule has 1 N–H and O–H groups in total. The van der Waals surface area contributed by atoms with E-state index in [-0.39, 0.29) is 5.69 Å². The molecular weight excluding hydrogens is 431 g/mol. The van der Waals surface area contributed by atoms with Crippen molar-refractivity contribution in [2.75, 3.05) is 12.4 Å².